The molecular weight excluding hydrogens is 204 g/mol. The summed E-state index contributed by atoms with van der Waals surface area (Å²) in [5.41, 5.74) is 3.73. The van der Waals surface area contributed by atoms with Gasteiger partial charge in [-0.1, -0.05) is 6.92 Å². The lowest BCUT2D eigenvalue weighted by molar-refractivity contribution is 0.0594. The summed E-state index contributed by atoms with van der Waals surface area (Å²) >= 11 is 0. The van der Waals surface area contributed by atoms with Crippen molar-refractivity contribution < 1.29 is 9.53 Å². The molecule has 0 atom stereocenters. The number of aromatic nitrogens is 1. The molecule has 1 rings (SSSR count). The van der Waals surface area contributed by atoms with Crippen LogP contribution in [0.2, 0.25) is 0 Å². The topological polar surface area (TPSA) is 54.1 Å². The third kappa shape index (κ3) is 2.64. The Morgan fingerprint density at radius 2 is 2.12 bits per heavy atom. The molecule has 90 valence electrons. The summed E-state index contributed by atoms with van der Waals surface area (Å²) in [6, 6.07) is 0. The van der Waals surface area contributed by atoms with Crippen LogP contribution in [0.5, 0.6) is 0 Å². The smallest absolute Gasteiger partial charge is 0.354 e. The molecule has 0 aliphatic rings. The van der Waals surface area contributed by atoms with E-state index in [1.807, 2.05) is 13.8 Å². The number of hydrogen-bond donors (Lipinski definition) is 2. The first-order valence-corrected chi connectivity index (χ1v) is 5.58. The Hall–Kier alpha value is -1.29. The van der Waals surface area contributed by atoms with E-state index in [4.69, 9.17) is 4.74 Å². The van der Waals surface area contributed by atoms with Crippen LogP contribution in [-0.2, 0) is 11.3 Å². The Morgan fingerprint density at radius 3 is 2.69 bits per heavy atom. The Bertz CT molecular complexity index is 369. The van der Waals surface area contributed by atoms with Gasteiger partial charge in [0.2, 0.25) is 0 Å². The molecule has 0 fully saturated rings. The molecule has 0 aromatic carbocycles. The van der Waals surface area contributed by atoms with Gasteiger partial charge in [-0.05, 0) is 37.9 Å². The third-order valence-corrected chi connectivity index (χ3v) is 2.71. The van der Waals surface area contributed by atoms with Gasteiger partial charge in [-0.15, -0.1) is 0 Å². The van der Waals surface area contributed by atoms with Gasteiger partial charge < -0.3 is 15.0 Å². The van der Waals surface area contributed by atoms with E-state index in [2.05, 4.69) is 17.2 Å². The molecule has 0 amide bonds. The molecule has 0 aliphatic heterocycles. The van der Waals surface area contributed by atoms with Crippen LogP contribution in [0, 0.1) is 13.8 Å². The Labute approximate surface area is 96.4 Å². The summed E-state index contributed by atoms with van der Waals surface area (Å²) in [6.45, 7) is 7.82. The monoisotopic (exact) mass is 224 g/mol. The van der Waals surface area contributed by atoms with Crippen molar-refractivity contribution in [2.45, 2.75) is 33.7 Å². The van der Waals surface area contributed by atoms with Gasteiger partial charge in [-0.2, -0.15) is 0 Å². The molecule has 1 aromatic rings. The minimum Gasteiger partial charge on any atom is -0.464 e. The van der Waals surface area contributed by atoms with Crippen molar-refractivity contribution in [1.82, 2.24) is 10.3 Å². The average Bonchev–Trinajstić information content (AvgIpc) is 2.56. The summed E-state index contributed by atoms with van der Waals surface area (Å²) in [7, 11) is 1.40. The van der Waals surface area contributed by atoms with Gasteiger partial charge in [0.05, 0.1) is 7.11 Å². The number of H-pyrrole nitrogens is 1. The number of methoxy groups -OCH3 is 1. The van der Waals surface area contributed by atoms with Crippen molar-refractivity contribution in [2.75, 3.05) is 13.7 Å². The standard InChI is InChI=1S/C12H20N2O2/c1-5-6-13-7-10-8(2)11(12(15)16-4)14-9(10)3/h13-14H,5-7H2,1-4H3. The lowest BCUT2D eigenvalue weighted by atomic mass is 10.1. The van der Waals surface area contributed by atoms with Crippen molar-refractivity contribution in [3.63, 3.8) is 0 Å². The van der Waals surface area contributed by atoms with Gasteiger partial charge in [0.15, 0.2) is 0 Å². The van der Waals surface area contributed by atoms with Crippen LogP contribution in [0.1, 0.15) is 40.7 Å². The van der Waals surface area contributed by atoms with Gasteiger partial charge in [0, 0.05) is 12.2 Å². The number of rotatable bonds is 5. The Morgan fingerprint density at radius 1 is 1.44 bits per heavy atom. The normalized spacial score (nSPS) is 10.5. The summed E-state index contributed by atoms with van der Waals surface area (Å²) < 4.78 is 4.72. The van der Waals surface area contributed by atoms with E-state index in [9.17, 15) is 4.79 Å². The molecule has 0 bridgehead atoms. The minimum absolute atomic E-state index is 0.303. The largest absolute Gasteiger partial charge is 0.464 e. The summed E-state index contributed by atoms with van der Waals surface area (Å²) in [6.07, 6.45) is 1.10. The first-order chi connectivity index (χ1) is 7.61. The lowest BCUT2D eigenvalue weighted by Crippen LogP contribution is -2.14. The molecule has 0 saturated carbocycles. The maximum absolute atomic E-state index is 11.5. The number of aromatic amines is 1. The second-order valence-electron chi connectivity index (χ2n) is 3.90. The fourth-order valence-corrected chi connectivity index (χ4v) is 1.75. The van der Waals surface area contributed by atoms with E-state index in [-0.39, 0.29) is 5.97 Å². The van der Waals surface area contributed by atoms with E-state index in [1.54, 1.807) is 0 Å². The lowest BCUT2D eigenvalue weighted by Gasteiger charge is -2.04. The van der Waals surface area contributed by atoms with Crippen LogP contribution < -0.4 is 5.32 Å². The molecule has 0 unspecified atom stereocenters. The highest BCUT2D eigenvalue weighted by molar-refractivity contribution is 5.89. The molecular formula is C12H20N2O2. The van der Waals surface area contributed by atoms with Crippen LogP contribution in [0.25, 0.3) is 0 Å². The molecule has 1 heterocycles. The molecule has 4 heteroatoms. The zero-order valence-corrected chi connectivity index (χ0v) is 10.4. The number of carbonyl (C=O) groups is 1. The SMILES string of the molecule is CCCNCc1c(C)[nH]c(C(=O)OC)c1C. The number of nitrogens with one attached hydrogen (secondary N) is 2. The average molecular weight is 224 g/mol. The fourth-order valence-electron chi connectivity index (χ4n) is 1.75. The number of hydrogen-bond acceptors (Lipinski definition) is 3. The second-order valence-corrected chi connectivity index (χ2v) is 3.90. The molecule has 0 radical (unpaired) electrons. The highest BCUT2D eigenvalue weighted by Crippen LogP contribution is 2.18. The quantitative estimate of drug-likeness (QED) is 0.593. The zero-order valence-electron chi connectivity index (χ0n) is 10.4. The van der Waals surface area contributed by atoms with E-state index in [0.29, 0.717) is 5.69 Å². The maximum atomic E-state index is 11.5. The highest BCUT2D eigenvalue weighted by atomic mass is 16.5. The van der Waals surface area contributed by atoms with E-state index in [1.165, 1.54) is 7.11 Å². The van der Waals surface area contributed by atoms with Crippen LogP contribution in [-0.4, -0.2) is 24.6 Å². The van der Waals surface area contributed by atoms with Gasteiger partial charge in [0.1, 0.15) is 5.69 Å². The van der Waals surface area contributed by atoms with Crippen molar-refractivity contribution in [3.05, 3.63) is 22.5 Å². The number of esters is 1. The van der Waals surface area contributed by atoms with Gasteiger partial charge in [-0.25, -0.2) is 4.79 Å². The van der Waals surface area contributed by atoms with Crippen LogP contribution in [0.3, 0.4) is 0 Å². The molecule has 0 spiro atoms. The van der Waals surface area contributed by atoms with Gasteiger partial charge in [0.25, 0.3) is 0 Å². The molecule has 4 nitrogen and oxygen atoms in total. The number of ether oxygens (including phenoxy) is 1. The number of carbonyl (C=O) groups excluding carboxylic acids is 1. The molecule has 1 aromatic heterocycles. The molecule has 0 saturated heterocycles. The first kappa shape index (κ1) is 12.8. The Kier molecular flexibility index (Phi) is 4.55. The third-order valence-electron chi connectivity index (χ3n) is 2.71. The van der Waals surface area contributed by atoms with E-state index in [0.717, 1.165) is 36.3 Å². The second kappa shape index (κ2) is 5.70. The first-order valence-electron chi connectivity index (χ1n) is 5.58. The molecule has 16 heavy (non-hydrogen) atoms. The van der Waals surface area contributed by atoms with Crippen molar-refractivity contribution in [3.8, 4) is 0 Å². The molecule has 0 aliphatic carbocycles. The summed E-state index contributed by atoms with van der Waals surface area (Å²) in [5.74, 6) is -0.303. The van der Waals surface area contributed by atoms with E-state index < -0.39 is 0 Å². The summed E-state index contributed by atoms with van der Waals surface area (Å²) in [4.78, 5) is 14.5. The maximum Gasteiger partial charge on any atom is 0.354 e. The molecule has 2 N–H and O–H groups in total. The Balaban J connectivity index is 2.85. The van der Waals surface area contributed by atoms with Crippen molar-refractivity contribution in [2.24, 2.45) is 0 Å². The van der Waals surface area contributed by atoms with Gasteiger partial charge in [-0.3, -0.25) is 0 Å². The van der Waals surface area contributed by atoms with E-state index >= 15 is 0 Å². The van der Waals surface area contributed by atoms with Crippen LogP contribution in [0.4, 0.5) is 0 Å². The van der Waals surface area contributed by atoms with Crippen LogP contribution >= 0.6 is 0 Å². The minimum atomic E-state index is -0.303. The zero-order chi connectivity index (χ0) is 12.1. The summed E-state index contributed by atoms with van der Waals surface area (Å²) in [5, 5.41) is 3.33. The predicted molar refractivity (Wildman–Crippen MR) is 63.6 cm³/mol. The number of aryl methyl sites for hydroxylation is 1. The highest BCUT2D eigenvalue weighted by Gasteiger charge is 2.16. The van der Waals surface area contributed by atoms with Gasteiger partial charge >= 0.3 is 5.97 Å². The predicted octanol–water partition coefficient (Wildman–Crippen LogP) is 1.92. The fraction of sp³-hybridized carbons (Fsp3) is 0.583. The van der Waals surface area contributed by atoms with Crippen molar-refractivity contribution >= 4 is 5.97 Å². The van der Waals surface area contributed by atoms with Crippen molar-refractivity contribution in [1.29, 1.82) is 0 Å². The van der Waals surface area contributed by atoms with Crippen LogP contribution in [0.15, 0.2) is 0 Å².